The Bertz CT molecular complexity index is 1850. The van der Waals surface area contributed by atoms with Crippen molar-refractivity contribution in [1.82, 2.24) is 24.3 Å². The van der Waals surface area contributed by atoms with Crippen LogP contribution in [-0.4, -0.2) is 35.4 Å². The standard InChI is InChI=1S/C31H29N5O3/c1-31(2,30(37)38)16-29-34-26-15-24(39-19-23-10-9-21-6-4-5-7-25(21)33-23)11-13-28(26)36(29)18-20-8-12-27-22(14-20)17-32-35(27)3/h4-15,17H,16,18-19H2,1-3H3,(H,37,38). The van der Waals surface area contributed by atoms with E-state index in [0.717, 1.165) is 49.9 Å². The minimum absolute atomic E-state index is 0.295. The Morgan fingerprint density at radius 1 is 0.923 bits per heavy atom. The van der Waals surface area contributed by atoms with Gasteiger partial charge in [-0.2, -0.15) is 5.10 Å². The summed E-state index contributed by atoms with van der Waals surface area (Å²) in [5.74, 6) is 0.546. The fourth-order valence-corrected chi connectivity index (χ4v) is 4.87. The van der Waals surface area contributed by atoms with E-state index in [4.69, 9.17) is 14.7 Å². The Kier molecular flexibility index (Phi) is 6.02. The van der Waals surface area contributed by atoms with E-state index in [-0.39, 0.29) is 0 Å². The lowest BCUT2D eigenvalue weighted by Gasteiger charge is -2.19. The van der Waals surface area contributed by atoms with Crippen LogP contribution in [0, 0.1) is 5.41 Å². The van der Waals surface area contributed by atoms with Crippen molar-refractivity contribution in [3.8, 4) is 5.75 Å². The number of fused-ring (bicyclic) bond motifs is 3. The van der Waals surface area contributed by atoms with Gasteiger partial charge in [0.25, 0.3) is 0 Å². The minimum Gasteiger partial charge on any atom is -0.487 e. The number of hydrogen-bond acceptors (Lipinski definition) is 5. The van der Waals surface area contributed by atoms with Crippen LogP contribution in [0.2, 0.25) is 0 Å². The molecule has 3 aromatic carbocycles. The summed E-state index contributed by atoms with van der Waals surface area (Å²) < 4.78 is 10.0. The summed E-state index contributed by atoms with van der Waals surface area (Å²) in [7, 11) is 1.92. The smallest absolute Gasteiger partial charge is 0.309 e. The van der Waals surface area contributed by atoms with Gasteiger partial charge in [-0.1, -0.05) is 30.3 Å². The zero-order valence-electron chi connectivity index (χ0n) is 22.1. The van der Waals surface area contributed by atoms with Gasteiger partial charge in [0.05, 0.1) is 39.4 Å². The summed E-state index contributed by atoms with van der Waals surface area (Å²) in [5.41, 5.74) is 4.65. The van der Waals surface area contributed by atoms with E-state index in [9.17, 15) is 9.90 Å². The maximum absolute atomic E-state index is 11.9. The lowest BCUT2D eigenvalue weighted by Crippen LogP contribution is -2.27. The number of nitrogens with zero attached hydrogens (tertiary/aromatic N) is 5. The lowest BCUT2D eigenvalue weighted by molar-refractivity contribution is -0.146. The number of hydrogen-bond donors (Lipinski definition) is 1. The Morgan fingerprint density at radius 2 is 1.74 bits per heavy atom. The highest BCUT2D eigenvalue weighted by Gasteiger charge is 2.30. The first kappa shape index (κ1) is 24.6. The number of imidazole rings is 1. The molecule has 196 valence electrons. The van der Waals surface area contributed by atoms with Crippen LogP contribution in [0.4, 0.5) is 0 Å². The number of benzene rings is 3. The van der Waals surface area contributed by atoms with Gasteiger partial charge in [-0.3, -0.25) is 9.48 Å². The van der Waals surface area contributed by atoms with Gasteiger partial charge in [-0.25, -0.2) is 9.97 Å². The molecule has 0 aliphatic rings. The third kappa shape index (κ3) is 4.81. The molecule has 0 saturated carbocycles. The number of carboxylic acids is 1. The van der Waals surface area contributed by atoms with Gasteiger partial charge >= 0.3 is 5.97 Å². The Balaban J connectivity index is 1.32. The molecule has 8 nitrogen and oxygen atoms in total. The number of carboxylic acid groups (broad SMARTS) is 1. The molecule has 1 N–H and O–H groups in total. The van der Waals surface area contributed by atoms with Crippen molar-refractivity contribution >= 4 is 38.8 Å². The molecule has 0 amide bonds. The van der Waals surface area contributed by atoms with Crippen LogP contribution in [0.25, 0.3) is 32.8 Å². The molecule has 6 aromatic rings. The van der Waals surface area contributed by atoms with Crippen molar-refractivity contribution < 1.29 is 14.6 Å². The second-order valence-corrected chi connectivity index (χ2v) is 10.6. The van der Waals surface area contributed by atoms with Crippen molar-refractivity contribution in [2.75, 3.05) is 0 Å². The van der Waals surface area contributed by atoms with Crippen LogP contribution in [-0.2, 0) is 31.4 Å². The average molecular weight is 520 g/mol. The first-order chi connectivity index (χ1) is 18.8. The summed E-state index contributed by atoms with van der Waals surface area (Å²) in [6.07, 6.45) is 2.15. The molecular weight excluding hydrogens is 490 g/mol. The number of aryl methyl sites for hydroxylation is 1. The van der Waals surface area contributed by atoms with E-state index in [2.05, 4.69) is 27.9 Å². The fraction of sp³-hybridized carbons (Fsp3) is 0.226. The van der Waals surface area contributed by atoms with Crippen LogP contribution >= 0.6 is 0 Å². The van der Waals surface area contributed by atoms with Gasteiger partial charge in [-0.05, 0) is 55.8 Å². The topological polar surface area (TPSA) is 95.1 Å². The van der Waals surface area contributed by atoms with Gasteiger partial charge in [-0.15, -0.1) is 0 Å². The number of pyridine rings is 1. The van der Waals surface area contributed by atoms with Gasteiger partial charge in [0, 0.05) is 36.9 Å². The highest BCUT2D eigenvalue weighted by atomic mass is 16.5. The van der Waals surface area contributed by atoms with E-state index < -0.39 is 11.4 Å². The molecule has 39 heavy (non-hydrogen) atoms. The molecule has 0 bridgehead atoms. The molecule has 0 spiro atoms. The number of para-hydroxylation sites is 1. The quantitative estimate of drug-likeness (QED) is 0.275. The molecule has 8 heteroatoms. The first-order valence-electron chi connectivity index (χ1n) is 12.9. The lowest BCUT2D eigenvalue weighted by atomic mass is 9.89. The highest BCUT2D eigenvalue weighted by Crippen LogP contribution is 2.29. The minimum atomic E-state index is -0.965. The van der Waals surface area contributed by atoms with Crippen LogP contribution in [0.15, 0.2) is 79.0 Å². The second kappa shape index (κ2) is 9.54. The monoisotopic (exact) mass is 519 g/mol. The molecular formula is C31H29N5O3. The second-order valence-electron chi connectivity index (χ2n) is 10.6. The summed E-state index contributed by atoms with van der Waals surface area (Å²) in [4.78, 5) is 21.5. The Labute approximate surface area is 225 Å². The van der Waals surface area contributed by atoms with E-state index in [0.29, 0.717) is 25.3 Å². The van der Waals surface area contributed by atoms with E-state index in [1.54, 1.807) is 13.8 Å². The largest absolute Gasteiger partial charge is 0.487 e. The van der Waals surface area contributed by atoms with Crippen molar-refractivity contribution in [2.45, 2.75) is 33.4 Å². The Morgan fingerprint density at radius 3 is 2.59 bits per heavy atom. The molecule has 0 atom stereocenters. The number of carbonyl (C=O) groups is 1. The van der Waals surface area contributed by atoms with Gasteiger partial charge in [0.1, 0.15) is 18.2 Å². The zero-order valence-corrected chi connectivity index (χ0v) is 22.1. The zero-order chi connectivity index (χ0) is 27.1. The number of aromatic nitrogens is 5. The summed E-state index contributed by atoms with van der Waals surface area (Å²) in [5, 5.41) is 16.3. The van der Waals surface area contributed by atoms with Crippen LogP contribution in [0.5, 0.6) is 5.75 Å². The molecule has 0 unspecified atom stereocenters. The molecule has 0 fully saturated rings. The maximum Gasteiger partial charge on any atom is 0.309 e. The maximum atomic E-state index is 11.9. The summed E-state index contributed by atoms with van der Waals surface area (Å²) in [6.45, 7) is 4.35. The van der Waals surface area contributed by atoms with Gasteiger partial charge < -0.3 is 14.4 Å². The van der Waals surface area contributed by atoms with E-state index in [1.807, 2.05) is 72.5 Å². The first-order valence-corrected chi connectivity index (χ1v) is 12.9. The molecule has 0 aliphatic carbocycles. The number of aliphatic carboxylic acids is 1. The van der Waals surface area contributed by atoms with Crippen molar-refractivity contribution in [3.05, 3.63) is 96.1 Å². The number of rotatable bonds is 8. The summed E-state index contributed by atoms with van der Waals surface area (Å²) >= 11 is 0. The van der Waals surface area contributed by atoms with Crippen LogP contribution in [0.3, 0.4) is 0 Å². The normalized spacial score (nSPS) is 12.0. The highest BCUT2D eigenvalue weighted by molar-refractivity contribution is 5.81. The molecule has 0 saturated heterocycles. The molecule has 3 aromatic heterocycles. The van der Waals surface area contributed by atoms with Gasteiger partial charge in [0.15, 0.2) is 0 Å². The Hall–Kier alpha value is -4.72. The molecule has 3 heterocycles. The predicted octanol–water partition coefficient (Wildman–Crippen LogP) is 5.75. The third-order valence-electron chi connectivity index (χ3n) is 7.17. The number of ether oxygens (including phenoxy) is 1. The average Bonchev–Trinajstić information content (AvgIpc) is 3.45. The predicted molar refractivity (Wildman–Crippen MR) is 151 cm³/mol. The third-order valence-corrected chi connectivity index (χ3v) is 7.17. The summed E-state index contributed by atoms with van der Waals surface area (Å²) in [6, 6.07) is 24.1. The van der Waals surface area contributed by atoms with Crippen molar-refractivity contribution in [2.24, 2.45) is 12.5 Å². The molecule has 0 aliphatic heterocycles. The molecule has 0 radical (unpaired) electrons. The van der Waals surface area contributed by atoms with Crippen LogP contribution < -0.4 is 4.74 Å². The van der Waals surface area contributed by atoms with E-state index >= 15 is 0 Å². The van der Waals surface area contributed by atoms with Crippen molar-refractivity contribution in [3.63, 3.8) is 0 Å². The SMILES string of the molecule is Cn1ncc2cc(Cn3c(CC(C)(C)C(=O)O)nc4cc(OCc5ccc6ccccc6n5)ccc43)ccc21. The fourth-order valence-electron chi connectivity index (χ4n) is 4.87. The van der Waals surface area contributed by atoms with Crippen LogP contribution in [0.1, 0.15) is 30.9 Å². The van der Waals surface area contributed by atoms with Gasteiger partial charge in [0.2, 0.25) is 0 Å². The van der Waals surface area contributed by atoms with Crippen molar-refractivity contribution in [1.29, 1.82) is 0 Å². The van der Waals surface area contributed by atoms with E-state index in [1.165, 1.54) is 0 Å². The molecule has 6 rings (SSSR count).